The highest BCUT2D eigenvalue weighted by Crippen LogP contribution is 2.49. The average molecular weight is 340 g/mol. The van der Waals surface area contributed by atoms with Crippen LogP contribution in [-0.4, -0.2) is 33.6 Å². The van der Waals surface area contributed by atoms with E-state index >= 15 is 0 Å². The van der Waals surface area contributed by atoms with Gasteiger partial charge in [-0.25, -0.2) is 0 Å². The van der Waals surface area contributed by atoms with E-state index in [0.717, 1.165) is 5.56 Å². The average Bonchev–Trinajstić information content (AvgIpc) is 2.83. The smallest absolute Gasteiger partial charge is 0.362 e. The quantitative estimate of drug-likeness (QED) is 0.851. The van der Waals surface area contributed by atoms with E-state index in [9.17, 15) is 23.1 Å². The Morgan fingerprint density at radius 3 is 2.50 bits per heavy atom. The lowest BCUT2D eigenvalue weighted by Gasteiger charge is -2.39. The van der Waals surface area contributed by atoms with Crippen LogP contribution in [0.15, 0.2) is 29.4 Å². The molecule has 3 atom stereocenters. The summed E-state index contributed by atoms with van der Waals surface area (Å²) in [6.07, 6.45) is -3.55. The van der Waals surface area contributed by atoms with Gasteiger partial charge in [0.1, 0.15) is 0 Å². The molecule has 7 heteroatoms. The minimum atomic E-state index is -4.99. The van der Waals surface area contributed by atoms with Crippen LogP contribution in [0.25, 0.3) is 0 Å². The molecule has 1 fully saturated rings. The first-order valence-corrected chi connectivity index (χ1v) is 7.95. The molecule has 1 amide bonds. The number of alkyl halides is 3. The van der Waals surface area contributed by atoms with E-state index in [4.69, 9.17) is 0 Å². The number of carbonyl (C=O) groups is 1. The molecule has 0 aromatic heterocycles. The number of aliphatic hydroxyl groups is 1. The van der Waals surface area contributed by atoms with Gasteiger partial charge in [0.05, 0.1) is 5.92 Å². The molecule has 0 saturated heterocycles. The van der Waals surface area contributed by atoms with Crippen LogP contribution >= 0.6 is 0 Å². The van der Waals surface area contributed by atoms with Crippen molar-refractivity contribution in [2.75, 3.05) is 0 Å². The topological polar surface area (TPSA) is 52.9 Å². The summed E-state index contributed by atoms with van der Waals surface area (Å²) in [6, 6.07) is 6.16. The number of hydrogen-bond donors (Lipinski definition) is 1. The summed E-state index contributed by atoms with van der Waals surface area (Å²) in [6.45, 7) is 3.59. The van der Waals surface area contributed by atoms with Gasteiger partial charge in [0.25, 0.3) is 11.6 Å². The molecule has 1 aliphatic heterocycles. The second-order valence-electron chi connectivity index (χ2n) is 6.62. The highest BCUT2D eigenvalue weighted by Gasteiger charge is 2.69. The summed E-state index contributed by atoms with van der Waals surface area (Å²) in [4.78, 5) is 12.6. The van der Waals surface area contributed by atoms with Gasteiger partial charge >= 0.3 is 6.18 Å². The van der Waals surface area contributed by atoms with E-state index in [1.807, 2.05) is 6.92 Å². The van der Waals surface area contributed by atoms with Crippen molar-refractivity contribution >= 4 is 11.6 Å². The van der Waals surface area contributed by atoms with Gasteiger partial charge in [-0.05, 0) is 37.8 Å². The fourth-order valence-corrected chi connectivity index (χ4v) is 3.52. The maximum atomic E-state index is 13.7. The third-order valence-electron chi connectivity index (χ3n) is 4.92. The molecule has 1 N–H and O–H groups in total. The lowest BCUT2D eigenvalue weighted by molar-refractivity contribution is -0.312. The van der Waals surface area contributed by atoms with E-state index in [2.05, 4.69) is 5.10 Å². The molecule has 1 aromatic rings. The fraction of sp³-hybridized carbons (Fsp3) is 0.529. The van der Waals surface area contributed by atoms with Gasteiger partial charge in [-0.2, -0.15) is 23.3 Å². The zero-order chi connectivity index (χ0) is 17.7. The Morgan fingerprint density at radius 1 is 1.29 bits per heavy atom. The van der Waals surface area contributed by atoms with Crippen molar-refractivity contribution in [3.05, 3.63) is 35.4 Å². The summed E-state index contributed by atoms with van der Waals surface area (Å²) in [5.74, 6) is -2.33. The zero-order valence-electron chi connectivity index (χ0n) is 13.5. The van der Waals surface area contributed by atoms with E-state index in [0.29, 0.717) is 12.8 Å². The molecule has 24 heavy (non-hydrogen) atoms. The lowest BCUT2D eigenvalue weighted by Crippen LogP contribution is -2.61. The van der Waals surface area contributed by atoms with Crippen molar-refractivity contribution in [2.24, 2.45) is 16.9 Å². The van der Waals surface area contributed by atoms with Crippen LogP contribution in [0.5, 0.6) is 0 Å². The van der Waals surface area contributed by atoms with Crippen LogP contribution in [0, 0.1) is 18.8 Å². The third-order valence-corrected chi connectivity index (χ3v) is 4.92. The van der Waals surface area contributed by atoms with Crippen LogP contribution < -0.4 is 0 Å². The largest absolute Gasteiger partial charge is 0.439 e. The minimum Gasteiger partial charge on any atom is -0.362 e. The molecule has 1 saturated carbocycles. The SMILES string of the molecule is Cc1ccc(C(=O)N2N=C3[C@H](C)CCC[C@@H]3[C@@]2(O)C(F)(F)F)cc1. The first kappa shape index (κ1) is 17.0. The molecular weight excluding hydrogens is 321 g/mol. The van der Waals surface area contributed by atoms with Gasteiger partial charge in [-0.3, -0.25) is 4.79 Å². The van der Waals surface area contributed by atoms with E-state index in [1.165, 1.54) is 12.1 Å². The maximum absolute atomic E-state index is 13.7. The number of carbonyl (C=O) groups excluding carboxylic acids is 1. The molecule has 1 aromatic carbocycles. The monoisotopic (exact) mass is 340 g/mol. The molecule has 0 radical (unpaired) electrons. The van der Waals surface area contributed by atoms with Crippen molar-refractivity contribution < 1.29 is 23.1 Å². The Labute approximate surface area is 138 Å². The third kappa shape index (κ3) is 2.42. The van der Waals surface area contributed by atoms with Crippen LogP contribution in [0.2, 0.25) is 0 Å². The Morgan fingerprint density at radius 2 is 1.92 bits per heavy atom. The molecule has 130 valence electrons. The molecule has 2 aliphatic rings. The second-order valence-corrected chi connectivity index (χ2v) is 6.62. The first-order chi connectivity index (χ1) is 11.2. The highest BCUT2D eigenvalue weighted by atomic mass is 19.4. The molecule has 0 bridgehead atoms. The first-order valence-electron chi connectivity index (χ1n) is 7.95. The Kier molecular flexibility index (Phi) is 3.94. The predicted octanol–water partition coefficient (Wildman–Crippen LogP) is 3.49. The van der Waals surface area contributed by atoms with Gasteiger partial charge in [0.2, 0.25) is 0 Å². The normalized spacial score (nSPS) is 30.1. The number of hydrogen-bond acceptors (Lipinski definition) is 3. The summed E-state index contributed by atoms with van der Waals surface area (Å²) in [5.41, 5.74) is -2.06. The van der Waals surface area contributed by atoms with E-state index < -0.39 is 23.7 Å². The van der Waals surface area contributed by atoms with Crippen molar-refractivity contribution in [1.29, 1.82) is 0 Å². The molecule has 1 heterocycles. The number of aryl methyl sites for hydroxylation is 1. The van der Waals surface area contributed by atoms with Crippen LogP contribution in [0.4, 0.5) is 13.2 Å². The molecule has 1 aliphatic carbocycles. The summed E-state index contributed by atoms with van der Waals surface area (Å²) in [7, 11) is 0. The Balaban J connectivity index is 2.06. The van der Waals surface area contributed by atoms with Crippen molar-refractivity contribution in [2.45, 2.75) is 45.0 Å². The number of hydrazone groups is 1. The van der Waals surface area contributed by atoms with Gasteiger partial charge < -0.3 is 5.11 Å². The minimum absolute atomic E-state index is 0.0684. The van der Waals surface area contributed by atoms with Gasteiger partial charge in [0.15, 0.2) is 0 Å². The molecule has 0 spiro atoms. The van der Waals surface area contributed by atoms with Gasteiger partial charge in [-0.15, -0.1) is 0 Å². The maximum Gasteiger partial charge on any atom is 0.439 e. The number of nitrogens with zero attached hydrogens (tertiary/aromatic N) is 2. The number of amides is 1. The standard InChI is InChI=1S/C17H19F3N2O2/c1-10-6-8-12(9-7-10)15(23)22-16(24,17(18,19)20)13-5-3-4-11(2)14(13)21-22/h6-9,11,13,24H,3-5H2,1-2H3/t11-,13+,16-/m1/s1. The predicted molar refractivity (Wildman–Crippen MR) is 82.3 cm³/mol. The molecule has 3 rings (SSSR count). The van der Waals surface area contributed by atoms with E-state index in [-0.39, 0.29) is 28.6 Å². The molecular formula is C17H19F3N2O2. The second kappa shape index (κ2) is 5.58. The van der Waals surface area contributed by atoms with Crippen LogP contribution in [-0.2, 0) is 0 Å². The number of halogens is 3. The van der Waals surface area contributed by atoms with Crippen LogP contribution in [0.1, 0.15) is 42.1 Å². The van der Waals surface area contributed by atoms with Crippen molar-refractivity contribution in [3.63, 3.8) is 0 Å². The summed E-state index contributed by atoms with van der Waals surface area (Å²) < 4.78 is 41.1. The summed E-state index contributed by atoms with van der Waals surface area (Å²) >= 11 is 0. The fourth-order valence-electron chi connectivity index (χ4n) is 3.52. The number of benzene rings is 1. The zero-order valence-corrected chi connectivity index (χ0v) is 13.5. The highest BCUT2D eigenvalue weighted by molar-refractivity contribution is 6.00. The Hall–Kier alpha value is -1.89. The van der Waals surface area contributed by atoms with Gasteiger partial charge in [0, 0.05) is 11.3 Å². The Bertz CT molecular complexity index is 684. The number of fused-ring (bicyclic) bond motifs is 1. The summed E-state index contributed by atoms with van der Waals surface area (Å²) in [5, 5.41) is 14.7. The lowest BCUT2D eigenvalue weighted by atomic mass is 9.75. The van der Waals surface area contributed by atoms with Crippen LogP contribution in [0.3, 0.4) is 0 Å². The molecule has 4 nitrogen and oxygen atoms in total. The van der Waals surface area contributed by atoms with E-state index in [1.54, 1.807) is 19.1 Å². The van der Waals surface area contributed by atoms with Gasteiger partial charge in [-0.1, -0.05) is 31.0 Å². The van der Waals surface area contributed by atoms with Crippen molar-refractivity contribution in [3.8, 4) is 0 Å². The number of rotatable bonds is 1. The van der Waals surface area contributed by atoms with Crippen molar-refractivity contribution in [1.82, 2.24) is 5.01 Å². The molecule has 0 unspecified atom stereocenters.